The topological polar surface area (TPSA) is 138 Å². The fourth-order valence-corrected chi connectivity index (χ4v) is 6.02. The number of aromatic nitrogens is 2. The molecule has 37 heavy (non-hydrogen) atoms. The van der Waals surface area contributed by atoms with Crippen molar-refractivity contribution in [1.29, 1.82) is 0 Å². The third-order valence-electron chi connectivity index (χ3n) is 6.67. The minimum atomic E-state index is -3.69. The summed E-state index contributed by atoms with van der Waals surface area (Å²) in [5.41, 5.74) is 2.72. The predicted molar refractivity (Wildman–Crippen MR) is 139 cm³/mol. The fourth-order valence-electron chi connectivity index (χ4n) is 4.55. The number of fused-ring (bicyclic) bond motifs is 1. The van der Waals surface area contributed by atoms with Crippen molar-refractivity contribution < 1.29 is 18.1 Å². The molecule has 5 rings (SSSR count). The number of rotatable bonds is 6. The van der Waals surface area contributed by atoms with Gasteiger partial charge < -0.3 is 10.3 Å². The van der Waals surface area contributed by atoms with Crippen LogP contribution in [0.2, 0.25) is 0 Å². The molecule has 0 radical (unpaired) electrons. The number of aromatic amines is 1. The molecule has 1 aromatic heterocycles. The molecule has 2 N–H and O–H groups in total. The maximum atomic E-state index is 13.2. The quantitative estimate of drug-likeness (QED) is 0.282. The molecule has 11 heteroatoms. The molecule has 1 amide bonds. The Hall–Kier alpha value is -4.09. The maximum Gasteiger partial charge on any atom is 0.273 e. The van der Waals surface area contributed by atoms with Crippen LogP contribution >= 0.6 is 0 Å². The van der Waals surface area contributed by atoms with Crippen molar-refractivity contribution in [3.8, 4) is 0 Å². The molecular weight excluding hydrogens is 494 g/mol. The van der Waals surface area contributed by atoms with E-state index in [1.54, 1.807) is 6.92 Å². The number of para-hydroxylation sites is 2. The molecule has 1 aliphatic rings. The number of hydrogen-bond acceptors (Lipinski definition) is 6. The monoisotopic (exact) mass is 519 g/mol. The minimum Gasteiger partial charge on any atom is -0.342 e. The number of imidazole rings is 1. The number of amides is 1. The van der Waals surface area contributed by atoms with Gasteiger partial charge in [0.05, 0.1) is 20.9 Å². The molecular formula is C26H25N5O5S. The molecule has 1 saturated heterocycles. The van der Waals surface area contributed by atoms with E-state index >= 15 is 0 Å². The van der Waals surface area contributed by atoms with Crippen molar-refractivity contribution in [2.45, 2.75) is 30.6 Å². The molecule has 0 spiro atoms. The van der Waals surface area contributed by atoms with E-state index in [-0.39, 0.29) is 22.1 Å². The minimum absolute atomic E-state index is 0.138. The van der Waals surface area contributed by atoms with E-state index in [1.165, 1.54) is 46.8 Å². The van der Waals surface area contributed by atoms with Gasteiger partial charge in [0.2, 0.25) is 10.0 Å². The summed E-state index contributed by atoms with van der Waals surface area (Å²) < 4.78 is 27.9. The van der Waals surface area contributed by atoms with Gasteiger partial charge in [-0.3, -0.25) is 14.9 Å². The van der Waals surface area contributed by atoms with Gasteiger partial charge in [0.1, 0.15) is 5.82 Å². The lowest BCUT2D eigenvalue weighted by Crippen LogP contribution is -2.38. The van der Waals surface area contributed by atoms with Crippen LogP contribution in [0.25, 0.3) is 11.0 Å². The molecule has 4 aromatic rings. The second kappa shape index (κ2) is 9.75. The average molecular weight is 520 g/mol. The Morgan fingerprint density at radius 1 is 1.08 bits per heavy atom. The lowest BCUT2D eigenvalue weighted by molar-refractivity contribution is -0.385. The first-order chi connectivity index (χ1) is 17.7. The standard InChI is InChI=1S/C26H25N5O5S/c1-17-6-7-19(16-24(17)31(33)34)26(32)27-20-8-10-21(11-9-20)37(35,36)30-14-12-18(13-15-30)25-28-22-4-2-3-5-23(22)29-25/h2-11,16,18H,12-15H2,1H3,(H,27,32)(H,28,29). The molecule has 2 heterocycles. The number of anilines is 1. The van der Waals surface area contributed by atoms with Gasteiger partial charge >= 0.3 is 0 Å². The predicted octanol–water partition coefficient (Wildman–Crippen LogP) is 4.60. The molecule has 1 fully saturated rings. The summed E-state index contributed by atoms with van der Waals surface area (Å²) in [4.78, 5) is 31.3. The van der Waals surface area contributed by atoms with Crippen LogP contribution in [0.3, 0.4) is 0 Å². The van der Waals surface area contributed by atoms with E-state index in [1.807, 2.05) is 24.3 Å². The maximum absolute atomic E-state index is 13.2. The van der Waals surface area contributed by atoms with Gasteiger partial charge in [0, 0.05) is 41.9 Å². The number of carbonyl (C=O) groups is 1. The zero-order valence-corrected chi connectivity index (χ0v) is 20.9. The van der Waals surface area contributed by atoms with Crippen molar-refractivity contribution in [3.05, 3.63) is 93.8 Å². The van der Waals surface area contributed by atoms with Crippen LogP contribution in [0.4, 0.5) is 11.4 Å². The van der Waals surface area contributed by atoms with Gasteiger partial charge in [0.15, 0.2) is 0 Å². The van der Waals surface area contributed by atoms with Crippen LogP contribution < -0.4 is 5.32 Å². The van der Waals surface area contributed by atoms with Crippen LogP contribution in [0.15, 0.2) is 71.6 Å². The molecule has 3 aromatic carbocycles. The summed E-state index contributed by atoms with van der Waals surface area (Å²) in [5, 5.41) is 13.8. The van der Waals surface area contributed by atoms with Crippen molar-refractivity contribution in [3.63, 3.8) is 0 Å². The van der Waals surface area contributed by atoms with E-state index in [4.69, 9.17) is 0 Å². The number of sulfonamides is 1. The van der Waals surface area contributed by atoms with Crippen molar-refractivity contribution in [2.24, 2.45) is 0 Å². The summed E-state index contributed by atoms with van der Waals surface area (Å²) >= 11 is 0. The number of aryl methyl sites for hydroxylation is 1. The van der Waals surface area contributed by atoms with Crippen LogP contribution in [-0.2, 0) is 10.0 Å². The van der Waals surface area contributed by atoms with Gasteiger partial charge in [-0.1, -0.05) is 18.2 Å². The Bertz CT molecular complexity index is 1560. The highest BCUT2D eigenvalue weighted by Gasteiger charge is 2.31. The number of H-pyrrole nitrogens is 1. The molecule has 0 bridgehead atoms. The number of nitro groups is 1. The van der Waals surface area contributed by atoms with Gasteiger partial charge in [-0.05, 0) is 62.2 Å². The highest BCUT2D eigenvalue weighted by Crippen LogP contribution is 2.31. The molecule has 0 atom stereocenters. The van der Waals surface area contributed by atoms with Gasteiger partial charge in [-0.25, -0.2) is 13.4 Å². The smallest absolute Gasteiger partial charge is 0.273 e. The van der Waals surface area contributed by atoms with Crippen molar-refractivity contribution in [2.75, 3.05) is 18.4 Å². The largest absolute Gasteiger partial charge is 0.342 e. The lowest BCUT2D eigenvalue weighted by atomic mass is 9.97. The lowest BCUT2D eigenvalue weighted by Gasteiger charge is -2.30. The Morgan fingerprint density at radius 3 is 2.46 bits per heavy atom. The highest BCUT2D eigenvalue weighted by molar-refractivity contribution is 7.89. The summed E-state index contributed by atoms with van der Waals surface area (Å²) in [6, 6.07) is 18.0. The van der Waals surface area contributed by atoms with Crippen LogP contribution in [0.5, 0.6) is 0 Å². The van der Waals surface area contributed by atoms with Crippen molar-refractivity contribution >= 4 is 38.3 Å². The third kappa shape index (κ3) is 4.95. The number of carbonyl (C=O) groups excluding carboxylic acids is 1. The number of piperidine rings is 1. The zero-order valence-electron chi connectivity index (χ0n) is 20.0. The Labute approximate surface area is 213 Å². The average Bonchev–Trinajstić information content (AvgIpc) is 3.33. The summed E-state index contributed by atoms with van der Waals surface area (Å²) in [5.74, 6) is 0.526. The molecule has 1 aliphatic heterocycles. The summed E-state index contributed by atoms with van der Waals surface area (Å²) in [6.07, 6.45) is 1.33. The Kier molecular flexibility index (Phi) is 6.48. The van der Waals surface area contributed by atoms with Gasteiger partial charge in [-0.2, -0.15) is 4.31 Å². The summed E-state index contributed by atoms with van der Waals surface area (Å²) in [6.45, 7) is 2.36. The van der Waals surface area contributed by atoms with E-state index in [0.29, 0.717) is 37.2 Å². The number of nitrogens with zero attached hydrogens (tertiary/aromatic N) is 3. The number of benzene rings is 3. The first-order valence-electron chi connectivity index (χ1n) is 11.8. The molecule has 0 unspecified atom stereocenters. The molecule has 0 aliphatic carbocycles. The summed E-state index contributed by atoms with van der Waals surface area (Å²) in [7, 11) is -3.69. The first-order valence-corrected chi connectivity index (χ1v) is 13.3. The number of hydrogen-bond donors (Lipinski definition) is 2. The SMILES string of the molecule is Cc1ccc(C(=O)Nc2ccc(S(=O)(=O)N3CCC(c4nc5ccccc5[nH]4)CC3)cc2)cc1[N+](=O)[O-]. The normalized spacial score (nSPS) is 15.1. The Morgan fingerprint density at radius 2 is 1.78 bits per heavy atom. The number of nitrogens with one attached hydrogen (secondary N) is 2. The third-order valence-corrected chi connectivity index (χ3v) is 8.58. The van der Waals surface area contributed by atoms with Gasteiger partial charge in [0.25, 0.3) is 11.6 Å². The second-order valence-electron chi connectivity index (χ2n) is 9.05. The molecule has 10 nitrogen and oxygen atoms in total. The number of nitro benzene ring substituents is 1. The van der Waals surface area contributed by atoms with Crippen molar-refractivity contribution in [1.82, 2.24) is 14.3 Å². The van der Waals surface area contributed by atoms with Crippen LogP contribution in [-0.4, -0.2) is 46.6 Å². The fraction of sp³-hybridized carbons (Fsp3) is 0.231. The van der Waals surface area contributed by atoms with E-state index < -0.39 is 20.9 Å². The molecule has 190 valence electrons. The van der Waals surface area contributed by atoms with E-state index in [2.05, 4.69) is 15.3 Å². The van der Waals surface area contributed by atoms with E-state index in [9.17, 15) is 23.3 Å². The molecule has 0 saturated carbocycles. The highest BCUT2D eigenvalue weighted by atomic mass is 32.2. The van der Waals surface area contributed by atoms with Gasteiger partial charge in [-0.15, -0.1) is 0 Å². The Balaban J connectivity index is 1.23. The van der Waals surface area contributed by atoms with E-state index in [0.717, 1.165) is 16.9 Å². The zero-order chi connectivity index (χ0) is 26.2. The van der Waals surface area contributed by atoms with Crippen LogP contribution in [0, 0.1) is 17.0 Å². The first kappa shape index (κ1) is 24.6. The second-order valence-corrected chi connectivity index (χ2v) is 11.0. The van der Waals surface area contributed by atoms with Crippen LogP contribution in [0.1, 0.15) is 40.5 Å².